The number of aryl methyl sites for hydroxylation is 1. The van der Waals surface area contributed by atoms with Crippen LogP contribution in [0.2, 0.25) is 5.02 Å². The molecule has 2 rings (SSSR count). The van der Waals surface area contributed by atoms with Gasteiger partial charge in [0.1, 0.15) is 0 Å². The highest BCUT2D eigenvalue weighted by atomic mass is 35.5. The minimum Gasteiger partial charge on any atom is -0.360 e. The van der Waals surface area contributed by atoms with Crippen LogP contribution in [-0.4, -0.2) is 22.2 Å². The fraction of sp³-hybridized carbons (Fsp3) is 0.588. The van der Waals surface area contributed by atoms with E-state index in [9.17, 15) is 0 Å². The van der Waals surface area contributed by atoms with E-state index in [1.807, 2.05) is 25.1 Å². The number of benzene rings is 1. The maximum Gasteiger partial charge on any atom is 0.171 e. The number of anilines is 1. The van der Waals surface area contributed by atoms with Crippen molar-refractivity contribution in [2.24, 2.45) is 0 Å². The van der Waals surface area contributed by atoms with Gasteiger partial charge in [-0.05, 0) is 83.4 Å². The number of hydrogen-bond donors (Lipinski definition) is 3. The third-order valence-electron chi connectivity index (χ3n) is 3.96. The molecule has 0 saturated carbocycles. The Labute approximate surface area is 144 Å². The third kappa shape index (κ3) is 4.83. The second-order valence-corrected chi connectivity index (χ2v) is 8.40. The Morgan fingerprint density at radius 3 is 2.36 bits per heavy atom. The molecule has 1 fully saturated rings. The van der Waals surface area contributed by atoms with E-state index in [0.29, 0.717) is 11.2 Å². The summed E-state index contributed by atoms with van der Waals surface area (Å²) in [6, 6.07) is 6.13. The number of thiocarbonyl (C=S) groups is 1. The molecule has 1 aliphatic rings. The molecule has 0 bridgehead atoms. The number of rotatable bonds is 2. The average Bonchev–Trinajstić information content (AvgIpc) is 2.28. The zero-order valence-electron chi connectivity index (χ0n) is 14.0. The maximum absolute atomic E-state index is 5.99. The first-order valence-corrected chi connectivity index (χ1v) is 8.48. The molecule has 0 aliphatic carbocycles. The Morgan fingerprint density at radius 2 is 1.82 bits per heavy atom. The second kappa shape index (κ2) is 6.34. The van der Waals surface area contributed by atoms with E-state index in [2.05, 4.69) is 43.6 Å². The predicted octanol–water partition coefficient (Wildman–Crippen LogP) is 4.24. The fourth-order valence-corrected chi connectivity index (χ4v) is 4.04. The van der Waals surface area contributed by atoms with Gasteiger partial charge in [-0.25, -0.2) is 0 Å². The summed E-state index contributed by atoms with van der Waals surface area (Å²) in [6.45, 7) is 11.0. The van der Waals surface area contributed by atoms with Gasteiger partial charge in [0.05, 0.1) is 0 Å². The van der Waals surface area contributed by atoms with Gasteiger partial charge in [-0.2, -0.15) is 0 Å². The van der Waals surface area contributed by atoms with Gasteiger partial charge in [-0.15, -0.1) is 0 Å². The van der Waals surface area contributed by atoms with E-state index >= 15 is 0 Å². The average molecular weight is 340 g/mol. The van der Waals surface area contributed by atoms with Crippen molar-refractivity contribution in [2.45, 2.75) is 64.6 Å². The van der Waals surface area contributed by atoms with E-state index in [1.165, 1.54) is 0 Å². The molecule has 5 heteroatoms. The Kier molecular flexibility index (Phi) is 5.05. The molecule has 1 aliphatic heterocycles. The van der Waals surface area contributed by atoms with Crippen molar-refractivity contribution in [2.75, 3.05) is 5.32 Å². The minimum atomic E-state index is 0.102. The minimum absolute atomic E-state index is 0.102. The summed E-state index contributed by atoms with van der Waals surface area (Å²) in [5, 5.41) is 11.8. The van der Waals surface area contributed by atoms with Crippen molar-refractivity contribution in [3.8, 4) is 0 Å². The van der Waals surface area contributed by atoms with E-state index < -0.39 is 0 Å². The topological polar surface area (TPSA) is 36.1 Å². The molecule has 22 heavy (non-hydrogen) atoms. The number of halogens is 1. The summed E-state index contributed by atoms with van der Waals surface area (Å²) < 4.78 is 0. The molecule has 1 aromatic carbocycles. The van der Waals surface area contributed by atoms with Crippen LogP contribution in [0.5, 0.6) is 0 Å². The zero-order valence-corrected chi connectivity index (χ0v) is 15.6. The van der Waals surface area contributed by atoms with Gasteiger partial charge in [0, 0.05) is 27.8 Å². The zero-order chi connectivity index (χ0) is 16.5. The van der Waals surface area contributed by atoms with E-state index in [0.717, 1.165) is 29.1 Å². The van der Waals surface area contributed by atoms with Gasteiger partial charge >= 0.3 is 0 Å². The molecule has 1 heterocycles. The highest BCUT2D eigenvalue weighted by Crippen LogP contribution is 2.28. The first-order chi connectivity index (χ1) is 10.1. The van der Waals surface area contributed by atoms with Crippen molar-refractivity contribution in [3.05, 3.63) is 28.8 Å². The molecule has 0 radical (unpaired) electrons. The lowest BCUT2D eigenvalue weighted by atomic mass is 9.80. The molecular formula is C17H26ClN3S. The molecule has 3 N–H and O–H groups in total. The van der Waals surface area contributed by atoms with Gasteiger partial charge in [0.2, 0.25) is 0 Å². The Hall–Kier alpha value is -0.840. The summed E-state index contributed by atoms with van der Waals surface area (Å²) in [5.74, 6) is 0. The molecule has 0 atom stereocenters. The summed E-state index contributed by atoms with van der Waals surface area (Å²) >= 11 is 11.5. The second-order valence-electron chi connectivity index (χ2n) is 7.56. The summed E-state index contributed by atoms with van der Waals surface area (Å²) in [6.07, 6.45) is 2.08. The highest BCUT2D eigenvalue weighted by molar-refractivity contribution is 7.80. The van der Waals surface area contributed by atoms with Crippen LogP contribution in [0.25, 0.3) is 0 Å². The first kappa shape index (κ1) is 17.5. The van der Waals surface area contributed by atoms with Crippen molar-refractivity contribution in [3.63, 3.8) is 0 Å². The van der Waals surface area contributed by atoms with Crippen LogP contribution in [-0.2, 0) is 0 Å². The van der Waals surface area contributed by atoms with E-state index in [-0.39, 0.29) is 11.1 Å². The normalized spacial score (nSPS) is 20.5. The van der Waals surface area contributed by atoms with E-state index in [4.69, 9.17) is 23.8 Å². The summed E-state index contributed by atoms with van der Waals surface area (Å²) in [4.78, 5) is 0. The molecule has 1 saturated heterocycles. The van der Waals surface area contributed by atoms with Crippen LogP contribution in [0.4, 0.5) is 5.69 Å². The van der Waals surface area contributed by atoms with Crippen molar-refractivity contribution < 1.29 is 0 Å². The number of hydrogen-bond acceptors (Lipinski definition) is 2. The molecule has 0 spiro atoms. The summed E-state index contributed by atoms with van der Waals surface area (Å²) in [7, 11) is 0. The largest absolute Gasteiger partial charge is 0.360 e. The van der Waals surface area contributed by atoms with Crippen molar-refractivity contribution >= 4 is 34.6 Å². The lowest BCUT2D eigenvalue weighted by molar-refractivity contribution is 0.156. The van der Waals surface area contributed by atoms with Gasteiger partial charge < -0.3 is 16.0 Å². The fourth-order valence-electron chi connectivity index (χ4n) is 3.54. The van der Waals surface area contributed by atoms with Crippen LogP contribution in [0, 0.1) is 6.92 Å². The number of piperidine rings is 1. The molecular weight excluding hydrogens is 314 g/mol. The van der Waals surface area contributed by atoms with Gasteiger partial charge in [0.25, 0.3) is 0 Å². The Balaban J connectivity index is 1.99. The summed E-state index contributed by atoms with van der Waals surface area (Å²) in [5.41, 5.74) is 2.29. The van der Waals surface area contributed by atoms with Crippen molar-refractivity contribution in [1.29, 1.82) is 0 Å². The van der Waals surface area contributed by atoms with Gasteiger partial charge in [-0.3, -0.25) is 0 Å². The monoisotopic (exact) mass is 339 g/mol. The highest BCUT2D eigenvalue weighted by Gasteiger charge is 2.37. The molecule has 0 aromatic heterocycles. The van der Waals surface area contributed by atoms with Crippen molar-refractivity contribution in [1.82, 2.24) is 10.6 Å². The Morgan fingerprint density at radius 1 is 1.23 bits per heavy atom. The molecule has 3 nitrogen and oxygen atoms in total. The molecule has 0 amide bonds. The standard InChI is InChI=1S/C17H26ClN3S/c1-11-8-12(18)6-7-14(11)20-15(22)19-13-9-16(2,3)21-17(4,5)10-13/h6-8,13,21H,9-10H2,1-5H3,(H2,19,20,22). The van der Waals surface area contributed by atoms with Crippen LogP contribution >= 0.6 is 23.8 Å². The molecule has 0 unspecified atom stereocenters. The third-order valence-corrected chi connectivity index (χ3v) is 4.42. The lowest BCUT2D eigenvalue weighted by Crippen LogP contribution is -2.62. The first-order valence-electron chi connectivity index (χ1n) is 7.69. The number of nitrogens with one attached hydrogen (secondary N) is 3. The van der Waals surface area contributed by atoms with Crippen LogP contribution < -0.4 is 16.0 Å². The predicted molar refractivity (Wildman–Crippen MR) is 99.9 cm³/mol. The van der Waals surface area contributed by atoms with Crippen LogP contribution in [0.3, 0.4) is 0 Å². The quantitative estimate of drug-likeness (QED) is 0.704. The van der Waals surface area contributed by atoms with Crippen LogP contribution in [0.1, 0.15) is 46.1 Å². The molecule has 122 valence electrons. The SMILES string of the molecule is Cc1cc(Cl)ccc1NC(=S)NC1CC(C)(C)NC(C)(C)C1. The Bertz CT molecular complexity index is 553. The lowest BCUT2D eigenvalue weighted by Gasteiger charge is -2.46. The van der Waals surface area contributed by atoms with E-state index in [1.54, 1.807) is 0 Å². The molecule has 1 aromatic rings. The maximum atomic E-state index is 5.99. The van der Waals surface area contributed by atoms with Crippen LogP contribution in [0.15, 0.2) is 18.2 Å². The smallest absolute Gasteiger partial charge is 0.171 e. The van der Waals surface area contributed by atoms with Gasteiger partial charge in [0.15, 0.2) is 5.11 Å². The van der Waals surface area contributed by atoms with Gasteiger partial charge in [-0.1, -0.05) is 11.6 Å².